The molecule has 1 aliphatic heterocycles. The van der Waals surface area contributed by atoms with Crippen molar-refractivity contribution < 1.29 is 19.4 Å². The first-order valence-corrected chi connectivity index (χ1v) is 6.29. The first kappa shape index (κ1) is 13.4. The number of carbonyl (C=O) groups excluding carboxylic acids is 1. The average Bonchev–Trinajstić information content (AvgIpc) is 2.78. The highest BCUT2D eigenvalue weighted by Gasteiger charge is 2.26. The van der Waals surface area contributed by atoms with Gasteiger partial charge in [0.1, 0.15) is 0 Å². The molecule has 0 atom stereocenters. The van der Waals surface area contributed by atoms with Crippen molar-refractivity contribution in [2.75, 3.05) is 18.1 Å². The van der Waals surface area contributed by atoms with Gasteiger partial charge in [-0.15, -0.1) is 0 Å². The number of nitrogens with zero attached hydrogens (tertiary/aromatic N) is 1. The number of benzene rings is 1. The van der Waals surface area contributed by atoms with E-state index in [-0.39, 0.29) is 11.7 Å². The smallest absolute Gasteiger partial charge is 0.414 e. The van der Waals surface area contributed by atoms with Crippen molar-refractivity contribution >= 4 is 17.7 Å². The van der Waals surface area contributed by atoms with E-state index in [1.807, 2.05) is 13.8 Å². The van der Waals surface area contributed by atoms with Crippen LogP contribution in [0.2, 0.25) is 0 Å². The van der Waals surface area contributed by atoms with Crippen LogP contribution in [0.4, 0.5) is 10.5 Å². The molecular weight excluding hydrogens is 246 g/mol. The lowest BCUT2D eigenvalue weighted by Crippen LogP contribution is -2.30. The molecule has 0 bridgehead atoms. The number of ether oxygens (including phenoxy) is 1. The third-order valence-electron chi connectivity index (χ3n) is 2.98. The molecule has 102 valence electrons. The summed E-state index contributed by atoms with van der Waals surface area (Å²) in [7, 11) is 0. The maximum absolute atomic E-state index is 11.9. The van der Waals surface area contributed by atoms with Crippen molar-refractivity contribution in [3.05, 3.63) is 29.3 Å². The monoisotopic (exact) mass is 263 g/mol. The van der Waals surface area contributed by atoms with Crippen LogP contribution in [0.3, 0.4) is 0 Å². The van der Waals surface area contributed by atoms with E-state index >= 15 is 0 Å². The van der Waals surface area contributed by atoms with Gasteiger partial charge in [0.15, 0.2) is 0 Å². The number of anilines is 1. The van der Waals surface area contributed by atoms with Gasteiger partial charge in [-0.1, -0.05) is 13.8 Å². The summed E-state index contributed by atoms with van der Waals surface area (Å²) in [5.41, 5.74) is 1.87. The topological polar surface area (TPSA) is 66.8 Å². The molecule has 0 radical (unpaired) electrons. The van der Waals surface area contributed by atoms with Crippen LogP contribution in [0.15, 0.2) is 18.2 Å². The third-order valence-corrected chi connectivity index (χ3v) is 2.98. The summed E-state index contributed by atoms with van der Waals surface area (Å²) in [6, 6.07) is 4.80. The fourth-order valence-corrected chi connectivity index (χ4v) is 2.04. The Morgan fingerprint density at radius 3 is 2.79 bits per heavy atom. The van der Waals surface area contributed by atoms with Crippen molar-refractivity contribution in [2.24, 2.45) is 5.92 Å². The summed E-state index contributed by atoms with van der Waals surface area (Å²) < 4.78 is 5.19. The van der Waals surface area contributed by atoms with Crippen LogP contribution >= 0.6 is 0 Å². The van der Waals surface area contributed by atoms with Crippen molar-refractivity contribution in [3.63, 3.8) is 0 Å². The molecule has 0 saturated carbocycles. The molecule has 5 nitrogen and oxygen atoms in total. The zero-order valence-electron chi connectivity index (χ0n) is 11.0. The summed E-state index contributed by atoms with van der Waals surface area (Å²) in [5, 5.41) is 8.93. The second kappa shape index (κ2) is 5.30. The minimum atomic E-state index is -0.955. The Morgan fingerprint density at radius 2 is 2.16 bits per heavy atom. The molecule has 0 aromatic heterocycles. The quantitative estimate of drug-likeness (QED) is 0.910. The number of aromatic carboxylic acids is 1. The molecule has 0 spiro atoms. The van der Waals surface area contributed by atoms with E-state index in [2.05, 4.69) is 0 Å². The summed E-state index contributed by atoms with van der Waals surface area (Å²) in [6.07, 6.45) is 0.295. The lowest BCUT2D eigenvalue weighted by atomic mass is 10.1. The van der Waals surface area contributed by atoms with Gasteiger partial charge in [0.25, 0.3) is 0 Å². The molecule has 1 aromatic rings. The Kier molecular flexibility index (Phi) is 3.74. The van der Waals surface area contributed by atoms with Gasteiger partial charge in [0, 0.05) is 6.54 Å². The van der Waals surface area contributed by atoms with Gasteiger partial charge < -0.3 is 9.84 Å². The van der Waals surface area contributed by atoms with Gasteiger partial charge in [0.2, 0.25) is 0 Å². The summed E-state index contributed by atoms with van der Waals surface area (Å²) in [5.74, 6) is -0.663. The van der Waals surface area contributed by atoms with Crippen LogP contribution in [0.1, 0.15) is 29.8 Å². The highest BCUT2D eigenvalue weighted by Crippen LogP contribution is 2.29. The zero-order valence-corrected chi connectivity index (χ0v) is 11.0. The zero-order chi connectivity index (χ0) is 14.0. The van der Waals surface area contributed by atoms with Gasteiger partial charge in [-0.25, -0.2) is 9.59 Å². The number of hydrogen-bond acceptors (Lipinski definition) is 3. The summed E-state index contributed by atoms with van der Waals surface area (Å²) in [4.78, 5) is 24.4. The largest absolute Gasteiger partial charge is 0.478 e. The predicted molar refractivity (Wildman–Crippen MR) is 70.6 cm³/mol. The number of fused-ring (bicyclic) bond motifs is 1. The van der Waals surface area contributed by atoms with Gasteiger partial charge in [-0.05, 0) is 36.1 Å². The Hall–Kier alpha value is -2.04. The first-order chi connectivity index (χ1) is 8.99. The fraction of sp³-hybridized carbons (Fsp3) is 0.429. The predicted octanol–water partition coefficient (Wildman–Crippen LogP) is 2.54. The minimum Gasteiger partial charge on any atom is -0.478 e. The van der Waals surface area contributed by atoms with Crippen molar-refractivity contribution in [1.82, 2.24) is 0 Å². The molecule has 5 heteroatoms. The highest BCUT2D eigenvalue weighted by molar-refractivity contribution is 5.93. The highest BCUT2D eigenvalue weighted by atomic mass is 16.6. The van der Waals surface area contributed by atoms with E-state index in [4.69, 9.17) is 9.84 Å². The number of carbonyl (C=O) groups is 2. The molecule has 0 fully saturated rings. The molecule has 2 rings (SSSR count). The molecule has 0 unspecified atom stereocenters. The molecular formula is C14H17NO4. The molecule has 0 aliphatic carbocycles. The van der Waals surface area contributed by atoms with Crippen molar-refractivity contribution in [2.45, 2.75) is 20.3 Å². The number of rotatable bonds is 3. The summed E-state index contributed by atoms with van der Waals surface area (Å²) >= 11 is 0. The Balaban J connectivity index is 2.13. The number of hydrogen-bond donors (Lipinski definition) is 1. The Morgan fingerprint density at radius 1 is 1.42 bits per heavy atom. The normalized spacial score (nSPS) is 13.5. The van der Waals surface area contributed by atoms with Gasteiger partial charge >= 0.3 is 12.1 Å². The fourth-order valence-electron chi connectivity index (χ4n) is 2.04. The van der Waals surface area contributed by atoms with Gasteiger partial charge in [-0.2, -0.15) is 0 Å². The van der Waals surface area contributed by atoms with Crippen LogP contribution in [-0.4, -0.2) is 30.3 Å². The third kappa shape index (κ3) is 2.86. The number of carboxylic acids is 1. The van der Waals surface area contributed by atoms with Gasteiger partial charge in [0.05, 0.1) is 17.9 Å². The van der Waals surface area contributed by atoms with Crippen LogP contribution in [-0.2, 0) is 11.2 Å². The van der Waals surface area contributed by atoms with E-state index in [9.17, 15) is 9.59 Å². The molecule has 1 aliphatic rings. The molecule has 1 heterocycles. The molecule has 0 saturated heterocycles. The van der Waals surface area contributed by atoms with E-state index in [1.54, 1.807) is 17.0 Å². The molecule has 1 amide bonds. The van der Waals surface area contributed by atoms with E-state index in [0.29, 0.717) is 25.5 Å². The maximum Gasteiger partial charge on any atom is 0.414 e. The lowest BCUT2D eigenvalue weighted by Gasteiger charge is -2.18. The van der Waals surface area contributed by atoms with Gasteiger partial charge in [-0.3, -0.25) is 4.90 Å². The average molecular weight is 263 g/mol. The first-order valence-electron chi connectivity index (χ1n) is 6.29. The number of amides is 1. The second-order valence-electron chi connectivity index (χ2n) is 5.02. The molecule has 19 heavy (non-hydrogen) atoms. The standard InChI is InChI=1S/C14H17NO4/c1-9(2)8-19-14(18)15-6-5-10-7-11(13(16)17)3-4-12(10)15/h3-4,7,9H,5-6,8H2,1-2H3,(H,16,17). The summed E-state index contributed by atoms with van der Waals surface area (Å²) in [6.45, 7) is 4.88. The number of carboxylic acid groups (broad SMARTS) is 1. The SMILES string of the molecule is CC(C)COC(=O)N1CCc2cc(C(=O)O)ccc21. The maximum atomic E-state index is 11.9. The second-order valence-corrected chi connectivity index (χ2v) is 5.02. The minimum absolute atomic E-state index is 0.246. The van der Waals surface area contributed by atoms with E-state index < -0.39 is 5.97 Å². The Bertz CT molecular complexity index is 510. The lowest BCUT2D eigenvalue weighted by molar-refractivity contribution is 0.0696. The Labute approximate surface area is 111 Å². The van der Waals surface area contributed by atoms with Crippen LogP contribution < -0.4 is 4.90 Å². The van der Waals surface area contributed by atoms with Crippen LogP contribution in [0, 0.1) is 5.92 Å². The molecule has 1 aromatic carbocycles. The van der Waals surface area contributed by atoms with Crippen molar-refractivity contribution in [1.29, 1.82) is 0 Å². The van der Waals surface area contributed by atoms with Crippen LogP contribution in [0.5, 0.6) is 0 Å². The van der Waals surface area contributed by atoms with Crippen molar-refractivity contribution in [3.8, 4) is 0 Å². The van der Waals surface area contributed by atoms with E-state index in [1.165, 1.54) is 6.07 Å². The van der Waals surface area contributed by atoms with E-state index in [0.717, 1.165) is 11.3 Å². The molecule has 1 N–H and O–H groups in total. The van der Waals surface area contributed by atoms with Crippen LogP contribution in [0.25, 0.3) is 0 Å².